The van der Waals surface area contributed by atoms with E-state index < -0.39 is 0 Å². The largest absolute Gasteiger partial charge is 0.489 e. The van der Waals surface area contributed by atoms with E-state index in [-0.39, 0.29) is 17.9 Å². The Morgan fingerprint density at radius 2 is 1.91 bits per heavy atom. The predicted molar refractivity (Wildman–Crippen MR) is 125 cm³/mol. The van der Waals surface area contributed by atoms with Crippen LogP contribution >= 0.6 is 23.2 Å². The van der Waals surface area contributed by atoms with Crippen molar-refractivity contribution in [1.82, 2.24) is 15.1 Å². The van der Waals surface area contributed by atoms with Crippen molar-refractivity contribution < 1.29 is 9.53 Å². The minimum atomic E-state index is -0.0909. The predicted octanol–water partition coefficient (Wildman–Crippen LogP) is 5.24. The number of ether oxygens (including phenoxy) is 1. The van der Waals surface area contributed by atoms with Gasteiger partial charge in [0.25, 0.3) is 0 Å². The zero-order chi connectivity index (χ0) is 22.1. The second-order valence-electron chi connectivity index (χ2n) is 8.61. The average Bonchev–Trinajstić information content (AvgIpc) is 3.41. The summed E-state index contributed by atoms with van der Waals surface area (Å²) in [6, 6.07) is 13.8. The van der Waals surface area contributed by atoms with E-state index in [2.05, 4.69) is 15.1 Å². The highest BCUT2D eigenvalue weighted by molar-refractivity contribution is 6.36. The van der Waals surface area contributed by atoms with Gasteiger partial charge in [0.15, 0.2) is 0 Å². The van der Waals surface area contributed by atoms with Crippen molar-refractivity contribution >= 4 is 29.1 Å². The van der Waals surface area contributed by atoms with Crippen LogP contribution in [0.5, 0.6) is 5.75 Å². The van der Waals surface area contributed by atoms with Crippen LogP contribution in [0, 0.1) is 5.92 Å². The lowest BCUT2D eigenvalue weighted by Gasteiger charge is -2.31. The molecule has 1 saturated heterocycles. The molecule has 2 heterocycles. The maximum absolute atomic E-state index is 13.2. The van der Waals surface area contributed by atoms with E-state index in [9.17, 15) is 4.79 Å². The number of benzene rings is 2. The molecule has 0 radical (unpaired) electrons. The molecular formula is C25H25Cl2N3O2. The molecular weight excluding hydrogens is 445 g/mol. The number of likely N-dealkylation sites (tertiary alicyclic amines) is 1. The lowest BCUT2D eigenvalue weighted by molar-refractivity contribution is -0.133. The van der Waals surface area contributed by atoms with E-state index in [0.29, 0.717) is 28.8 Å². The number of carbonyl (C=O) groups is 1. The molecule has 0 spiro atoms. The van der Waals surface area contributed by atoms with Gasteiger partial charge in [0.2, 0.25) is 5.91 Å². The number of aromatic nitrogens is 2. The topological polar surface area (TPSA) is 58.2 Å². The number of halogens is 2. The van der Waals surface area contributed by atoms with Crippen molar-refractivity contribution in [3.8, 4) is 5.75 Å². The second-order valence-corrected chi connectivity index (χ2v) is 9.43. The minimum absolute atomic E-state index is 0.0909. The third kappa shape index (κ3) is 4.37. The van der Waals surface area contributed by atoms with Crippen molar-refractivity contribution in [3.05, 3.63) is 81.1 Å². The van der Waals surface area contributed by atoms with Gasteiger partial charge in [-0.05, 0) is 60.9 Å². The fourth-order valence-corrected chi connectivity index (χ4v) is 5.44. The number of carbonyl (C=O) groups excluding carboxylic acids is 1. The summed E-state index contributed by atoms with van der Waals surface area (Å²) < 4.78 is 5.87. The molecule has 32 heavy (non-hydrogen) atoms. The highest BCUT2D eigenvalue weighted by Crippen LogP contribution is 2.36. The lowest BCUT2D eigenvalue weighted by Crippen LogP contribution is -2.41. The average molecular weight is 470 g/mol. The molecule has 1 amide bonds. The van der Waals surface area contributed by atoms with Gasteiger partial charge in [0, 0.05) is 34.7 Å². The fraction of sp³-hybridized carbons (Fsp3) is 0.360. The van der Waals surface area contributed by atoms with Gasteiger partial charge in [-0.1, -0.05) is 53.5 Å². The Balaban J connectivity index is 1.23. The van der Waals surface area contributed by atoms with E-state index in [1.165, 1.54) is 5.56 Å². The van der Waals surface area contributed by atoms with Crippen LogP contribution in [-0.2, 0) is 30.7 Å². The summed E-state index contributed by atoms with van der Waals surface area (Å²) in [5, 5.41) is 8.34. The normalized spacial score (nSPS) is 20.4. The number of fused-ring (bicyclic) bond motifs is 1. The summed E-state index contributed by atoms with van der Waals surface area (Å²) >= 11 is 13.1. The molecule has 166 valence electrons. The van der Waals surface area contributed by atoms with Crippen molar-refractivity contribution in [2.45, 2.75) is 44.8 Å². The third-order valence-corrected chi connectivity index (χ3v) is 7.26. The van der Waals surface area contributed by atoms with Gasteiger partial charge in [-0.15, -0.1) is 0 Å². The number of hydrogen-bond donors (Lipinski definition) is 1. The summed E-state index contributed by atoms with van der Waals surface area (Å²) in [6.45, 7) is 1.23. The van der Waals surface area contributed by atoms with E-state index in [0.717, 1.165) is 49.0 Å². The minimum Gasteiger partial charge on any atom is -0.489 e. The van der Waals surface area contributed by atoms with Crippen LogP contribution in [0.4, 0.5) is 0 Å². The monoisotopic (exact) mass is 469 g/mol. The molecule has 2 aliphatic rings. The molecule has 2 aromatic carbocycles. The van der Waals surface area contributed by atoms with Gasteiger partial charge in [0.1, 0.15) is 12.4 Å². The zero-order valence-corrected chi connectivity index (χ0v) is 19.2. The van der Waals surface area contributed by atoms with Crippen molar-refractivity contribution in [2.75, 3.05) is 6.54 Å². The molecule has 2 atom stereocenters. The first-order valence-electron chi connectivity index (χ1n) is 11.0. The first-order chi connectivity index (χ1) is 15.6. The van der Waals surface area contributed by atoms with Crippen LogP contribution in [0.15, 0.2) is 48.7 Å². The molecule has 1 aliphatic heterocycles. The first kappa shape index (κ1) is 21.4. The number of hydrogen-bond acceptors (Lipinski definition) is 3. The molecule has 3 aromatic rings. The van der Waals surface area contributed by atoms with E-state index in [1.54, 1.807) is 12.1 Å². The number of amides is 1. The number of rotatable bonds is 6. The summed E-state index contributed by atoms with van der Waals surface area (Å²) in [5.41, 5.74) is 4.26. The summed E-state index contributed by atoms with van der Waals surface area (Å²) in [4.78, 5) is 15.3. The standard InChI is InChI=1S/C25H25Cl2N3O2/c26-22-12-20(32-15-16-4-2-1-3-5-16)13-23(27)21(22)11-17-8-9-30(25(17)31)19-6-7-24-18(10-19)14-28-29-24/h1-5,12-14,17,19H,6-11,15H2,(H,28,29)/t17-,19?/m0/s1. The second kappa shape index (κ2) is 9.16. The van der Waals surface area contributed by atoms with Crippen LogP contribution < -0.4 is 4.74 Å². The molecule has 1 fully saturated rings. The number of H-pyrrole nitrogens is 1. The summed E-state index contributed by atoms with van der Waals surface area (Å²) in [5.74, 6) is 0.746. The zero-order valence-electron chi connectivity index (χ0n) is 17.7. The van der Waals surface area contributed by atoms with Crippen LogP contribution in [0.1, 0.15) is 35.2 Å². The van der Waals surface area contributed by atoms with Crippen molar-refractivity contribution in [1.29, 1.82) is 0 Å². The van der Waals surface area contributed by atoms with Crippen molar-refractivity contribution in [2.24, 2.45) is 5.92 Å². The van der Waals surface area contributed by atoms with Crippen LogP contribution in [0.2, 0.25) is 10.0 Å². The summed E-state index contributed by atoms with van der Waals surface area (Å²) in [6.07, 6.45) is 6.09. The molecule has 5 nitrogen and oxygen atoms in total. The molecule has 0 bridgehead atoms. The number of nitrogens with one attached hydrogen (secondary N) is 1. The number of aromatic amines is 1. The van der Waals surface area contributed by atoms with Gasteiger partial charge < -0.3 is 9.64 Å². The van der Waals surface area contributed by atoms with E-state index >= 15 is 0 Å². The van der Waals surface area contributed by atoms with Crippen LogP contribution in [-0.4, -0.2) is 33.6 Å². The first-order valence-corrected chi connectivity index (χ1v) is 11.8. The van der Waals surface area contributed by atoms with E-state index in [4.69, 9.17) is 27.9 Å². The number of aryl methyl sites for hydroxylation is 1. The Kier molecular flexibility index (Phi) is 6.11. The Labute approximate surface area is 197 Å². The maximum atomic E-state index is 13.2. The van der Waals surface area contributed by atoms with E-state index in [1.807, 2.05) is 36.5 Å². The molecule has 7 heteroatoms. The molecule has 1 aromatic heterocycles. The Bertz CT molecular complexity index is 1090. The van der Waals surface area contributed by atoms with Gasteiger partial charge in [-0.3, -0.25) is 9.89 Å². The highest BCUT2D eigenvalue weighted by atomic mass is 35.5. The Morgan fingerprint density at radius 3 is 2.69 bits per heavy atom. The number of nitrogens with zero attached hydrogens (tertiary/aromatic N) is 2. The molecule has 0 saturated carbocycles. The van der Waals surface area contributed by atoms with Crippen LogP contribution in [0.25, 0.3) is 0 Å². The fourth-order valence-electron chi connectivity index (χ4n) is 4.82. The van der Waals surface area contributed by atoms with Gasteiger partial charge in [0.05, 0.1) is 5.69 Å². The van der Waals surface area contributed by atoms with Crippen LogP contribution in [0.3, 0.4) is 0 Å². The third-order valence-electron chi connectivity index (χ3n) is 6.58. The molecule has 1 N–H and O–H groups in total. The van der Waals surface area contributed by atoms with Crippen molar-refractivity contribution in [3.63, 3.8) is 0 Å². The lowest BCUT2D eigenvalue weighted by atomic mass is 9.92. The highest BCUT2D eigenvalue weighted by Gasteiger charge is 2.38. The van der Waals surface area contributed by atoms with Gasteiger partial charge >= 0.3 is 0 Å². The molecule has 1 aliphatic carbocycles. The quantitative estimate of drug-likeness (QED) is 0.536. The van der Waals surface area contributed by atoms with Gasteiger partial charge in [-0.2, -0.15) is 5.10 Å². The molecule has 1 unspecified atom stereocenters. The summed E-state index contributed by atoms with van der Waals surface area (Å²) in [7, 11) is 0. The molecule has 5 rings (SSSR count). The Hall–Kier alpha value is -2.50. The SMILES string of the molecule is O=C1[C@H](Cc2c(Cl)cc(OCc3ccccc3)cc2Cl)CCN1C1CCc2n[nH]cc2C1. The smallest absolute Gasteiger partial charge is 0.226 e. The Morgan fingerprint density at radius 1 is 1.12 bits per heavy atom. The maximum Gasteiger partial charge on any atom is 0.226 e. The van der Waals surface area contributed by atoms with Gasteiger partial charge in [-0.25, -0.2) is 0 Å².